The number of benzene rings is 1. The standard InChI is InChI=1S/C21H32N2O3/c1-16(2)20(21(25)22-17-11-7-4-3-5-8-12-17)23-19(24)15-26-18-13-9-6-10-14-18/h6,9-10,13-14,16-17,20H,3-5,7-8,11-12,15H2,1-2H3,(H,22,25)(H,23,24). The Balaban J connectivity index is 1.83. The molecule has 26 heavy (non-hydrogen) atoms. The van der Waals surface area contributed by atoms with E-state index in [0.717, 1.165) is 25.7 Å². The van der Waals surface area contributed by atoms with Crippen LogP contribution in [0.4, 0.5) is 0 Å². The van der Waals surface area contributed by atoms with Crippen molar-refractivity contribution in [2.45, 2.75) is 70.9 Å². The van der Waals surface area contributed by atoms with Gasteiger partial charge in [0.2, 0.25) is 5.91 Å². The predicted molar refractivity (Wildman–Crippen MR) is 103 cm³/mol. The fourth-order valence-corrected chi connectivity index (χ4v) is 3.31. The molecule has 0 bridgehead atoms. The molecule has 144 valence electrons. The minimum absolute atomic E-state index is 0.0178. The number of carbonyl (C=O) groups is 2. The van der Waals surface area contributed by atoms with Gasteiger partial charge in [-0.25, -0.2) is 0 Å². The smallest absolute Gasteiger partial charge is 0.258 e. The highest BCUT2D eigenvalue weighted by Gasteiger charge is 2.26. The van der Waals surface area contributed by atoms with Gasteiger partial charge in [0, 0.05) is 6.04 Å². The average molecular weight is 360 g/mol. The molecule has 1 atom stereocenters. The van der Waals surface area contributed by atoms with Crippen molar-refractivity contribution in [3.05, 3.63) is 30.3 Å². The van der Waals surface area contributed by atoms with E-state index < -0.39 is 6.04 Å². The fraction of sp³-hybridized carbons (Fsp3) is 0.619. The van der Waals surface area contributed by atoms with E-state index in [2.05, 4.69) is 10.6 Å². The van der Waals surface area contributed by atoms with Crippen LogP contribution in [-0.4, -0.2) is 30.5 Å². The number of hydrogen-bond acceptors (Lipinski definition) is 3. The lowest BCUT2D eigenvalue weighted by Crippen LogP contribution is -2.53. The molecule has 1 aliphatic rings. The van der Waals surface area contributed by atoms with Gasteiger partial charge in [-0.3, -0.25) is 9.59 Å². The normalized spacial score (nSPS) is 17.0. The number of para-hydroxylation sites is 1. The Labute approximate surface area is 156 Å². The highest BCUT2D eigenvalue weighted by Crippen LogP contribution is 2.17. The summed E-state index contributed by atoms with van der Waals surface area (Å²) < 4.78 is 5.46. The van der Waals surface area contributed by atoms with E-state index in [0.29, 0.717) is 5.75 Å². The number of hydrogen-bond donors (Lipinski definition) is 2. The Morgan fingerprint density at radius 3 is 2.27 bits per heavy atom. The minimum atomic E-state index is -0.535. The third-order valence-corrected chi connectivity index (χ3v) is 4.83. The first kappa shape index (κ1) is 20.3. The minimum Gasteiger partial charge on any atom is -0.484 e. The van der Waals surface area contributed by atoms with Crippen LogP contribution in [0.1, 0.15) is 58.8 Å². The number of nitrogens with one attached hydrogen (secondary N) is 2. The van der Waals surface area contributed by atoms with E-state index in [4.69, 9.17) is 4.74 Å². The van der Waals surface area contributed by atoms with E-state index in [1.165, 1.54) is 19.3 Å². The molecule has 5 heteroatoms. The number of rotatable bonds is 7. The summed E-state index contributed by atoms with van der Waals surface area (Å²) in [5.74, 6) is 0.297. The maximum Gasteiger partial charge on any atom is 0.258 e. The van der Waals surface area contributed by atoms with Crippen molar-refractivity contribution in [3.63, 3.8) is 0 Å². The molecule has 0 spiro atoms. The molecule has 2 N–H and O–H groups in total. The van der Waals surface area contributed by atoms with Crippen LogP contribution in [0.5, 0.6) is 5.75 Å². The van der Waals surface area contributed by atoms with Crippen LogP contribution in [0.3, 0.4) is 0 Å². The second-order valence-electron chi connectivity index (χ2n) is 7.44. The quantitative estimate of drug-likeness (QED) is 0.783. The summed E-state index contributed by atoms with van der Waals surface area (Å²) in [6, 6.07) is 8.89. The number of amides is 2. The summed E-state index contributed by atoms with van der Waals surface area (Å²) in [5.41, 5.74) is 0. The molecular weight excluding hydrogens is 328 g/mol. The Morgan fingerprint density at radius 2 is 1.65 bits per heavy atom. The van der Waals surface area contributed by atoms with Gasteiger partial charge in [-0.1, -0.05) is 64.2 Å². The second kappa shape index (κ2) is 10.8. The van der Waals surface area contributed by atoms with Crippen LogP contribution in [0.15, 0.2) is 30.3 Å². The Kier molecular flexibility index (Phi) is 8.45. The van der Waals surface area contributed by atoms with Gasteiger partial charge in [0.1, 0.15) is 11.8 Å². The van der Waals surface area contributed by atoms with Crippen LogP contribution in [0, 0.1) is 5.92 Å². The van der Waals surface area contributed by atoms with Gasteiger partial charge in [-0.2, -0.15) is 0 Å². The Morgan fingerprint density at radius 1 is 1.04 bits per heavy atom. The highest BCUT2D eigenvalue weighted by molar-refractivity contribution is 5.88. The van der Waals surface area contributed by atoms with Crippen LogP contribution >= 0.6 is 0 Å². The molecule has 2 amide bonds. The van der Waals surface area contributed by atoms with Gasteiger partial charge < -0.3 is 15.4 Å². The summed E-state index contributed by atoms with van der Waals surface area (Å²) in [7, 11) is 0. The molecule has 1 saturated carbocycles. The molecule has 0 saturated heterocycles. The topological polar surface area (TPSA) is 67.4 Å². The molecule has 1 aromatic rings. The van der Waals surface area contributed by atoms with Gasteiger partial charge in [0.25, 0.3) is 5.91 Å². The molecule has 0 aromatic heterocycles. The van der Waals surface area contributed by atoms with Crippen LogP contribution in [-0.2, 0) is 9.59 Å². The highest BCUT2D eigenvalue weighted by atomic mass is 16.5. The molecule has 1 fully saturated rings. The summed E-state index contributed by atoms with van der Waals surface area (Å²) >= 11 is 0. The average Bonchev–Trinajstić information content (AvgIpc) is 2.60. The summed E-state index contributed by atoms with van der Waals surface area (Å²) in [6.45, 7) is 3.80. The van der Waals surface area contributed by atoms with Crippen molar-refractivity contribution < 1.29 is 14.3 Å². The maximum atomic E-state index is 12.7. The second-order valence-corrected chi connectivity index (χ2v) is 7.44. The lowest BCUT2D eigenvalue weighted by molar-refractivity contribution is -0.131. The Bertz CT molecular complexity index is 552. The van der Waals surface area contributed by atoms with Crippen LogP contribution in [0.2, 0.25) is 0 Å². The zero-order valence-corrected chi connectivity index (χ0v) is 16.0. The van der Waals surface area contributed by atoms with Crippen LogP contribution < -0.4 is 15.4 Å². The van der Waals surface area contributed by atoms with Crippen molar-refractivity contribution in [2.24, 2.45) is 5.92 Å². The van der Waals surface area contributed by atoms with Crippen molar-refractivity contribution in [3.8, 4) is 5.75 Å². The molecule has 1 unspecified atom stereocenters. The number of ether oxygens (including phenoxy) is 1. The molecule has 1 aliphatic carbocycles. The maximum absolute atomic E-state index is 12.7. The number of carbonyl (C=O) groups excluding carboxylic acids is 2. The largest absolute Gasteiger partial charge is 0.484 e. The van der Waals surface area contributed by atoms with E-state index >= 15 is 0 Å². The van der Waals surface area contributed by atoms with Crippen LogP contribution in [0.25, 0.3) is 0 Å². The summed E-state index contributed by atoms with van der Waals surface area (Å²) in [5, 5.41) is 5.98. The third-order valence-electron chi connectivity index (χ3n) is 4.83. The predicted octanol–water partition coefficient (Wildman–Crippen LogP) is 3.44. The molecule has 1 aromatic carbocycles. The van der Waals surface area contributed by atoms with E-state index in [9.17, 15) is 9.59 Å². The fourth-order valence-electron chi connectivity index (χ4n) is 3.31. The van der Waals surface area contributed by atoms with Crippen molar-refractivity contribution >= 4 is 11.8 Å². The van der Waals surface area contributed by atoms with E-state index in [-0.39, 0.29) is 30.4 Å². The zero-order chi connectivity index (χ0) is 18.8. The third kappa shape index (κ3) is 7.06. The molecule has 0 aliphatic heterocycles. The molecule has 5 nitrogen and oxygen atoms in total. The molecular formula is C21H32N2O3. The summed E-state index contributed by atoms with van der Waals surface area (Å²) in [4.78, 5) is 24.9. The molecule has 2 rings (SSSR count). The van der Waals surface area contributed by atoms with Gasteiger partial charge in [0.15, 0.2) is 6.61 Å². The summed E-state index contributed by atoms with van der Waals surface area (Å²) in [6.07, 6.45) is 8.17. The first-order chi connectivity index (χ1) is 12.6. The van der Waals surface area contributed by atoms with Crippen molar-refractivity contribution in [1.29, 1.82) is 0 Å². The first-order valence-corrected chi connectivity index (χ1v) is 9.84. The van der Waals surface area contributed by atoms with E-state index in [1.54, 1.807) is 12.1 Å². The zero-order valence-electron chi connectivity index (χ0n) is 16.0. The van der Waals surface area contributed by atoms with E-state index in [1.807, 2.05) is 32.0 Å². The lowest BCUT2D eigenvalue weighted by atomic mass is 9.95. The molecule has 0 radical (unpaired) electrons. The van der Waals surface area contributed by atoms with Gasteiger partial charge in [-0.15, -0.1) is 0 Å². The van der Waals surface area contributed by atoms with Crippen molar-refractivity contribution in [1.82, 2.24) is 10.6 Å². The lowest BCUT2D eigenvalue weighted by Gasteiger charge is -2.26. The first-order valence-electron chi connectivity index (χ1n) is 9.84. The van der Waals surface area contributed by atoms with Gasteiger partial charge >= 0.3 is 0 Å². The van der Waals surface area contributed by atoms with Gasteiger partial charge in [0.05, 0.1) is 0 Å². The Hall–Kier alpha value is -2.04. The SMILES string of the molecule is CC(C)C(NC(=O)COc1ccccc1)C(=O)NC1CCCCCCC1. The van der Waals surface area contributed by atoms with Crippen molar-refractivity contribution in [2.75, 3.05) is 6.61 Å². The monoisotopic (exact) mass is 360 g/mol. The molecule has 0 heterocycles. The van der Waals surface area contributed by atoms with Gasteiger partial charge in [-0.05, 0) is 30.9 Å².